The Labute approximate surface area is 106 Å². The molecule has 0 bridgehead atoms. The third-order valence-corrected chi connectivity index (χ3v) is 3.01. The Morgan fingerprint density at radius 3 is 2.76 bits per heavy atom. The van der Waals surface area contributed by atoms with Gasteiger partial charge in [-0.2, -0.15) is 0 Å². The first-order valence-corrected chi connectivity index (χ1v) is 5.81. The lowest BCUT2D eigenvalue weighted by Crippen LogP contribution is -2.13. The lowest BCUT2D eigenvalue weighted by molar-refractivity contribution is 0.0160. The van der Waals surface area contributed by atoms with Gasteiger partial charge in [0.2, 0.25) is 0 Å². The Hall–Kier alpha value is -1.17. The molecule has 1 aromatic rings. The fourth-order valence-corrected chi connectivity index (χ4v) is 2.11. The molecule has 0 radical (unpaired) electrons. The van der Waals surface area contributed by atoms with Gasteiger partial charge in [-0.15, -0.1) is 0 Å². The fourth-order valence-electron chi connectivity index (χ4n) is 1.75. The molecule has 0 saturated carbocycles. The van der Waals surface area contributed by atoms with E-state index in [0.29, 0.717) is 10.0 Å². The average molecular weight is 305 g/mol. The molecule has 0 spiro atoms. The number of benzene rings is 1. The van der Waals surface area contributed by atoms with E-state index in [-0.39, 0.29) is 18.2 Å². The number of hydrogen-bond acceptors (Lipinski definition) is 3. The molecular formula is C11H11BrF2N2O. The van der Waals surface area contributed by atoms with Gasteiger partial charge in [0.25, 0.3) is 11.9 Å². The van der Waals surface area contributed by atoms with E-state index in [1.807, 2.05) is 0 Å². The quantitative estimate of drug-likeness (QED) is 0.913. The van der Waals surface area contributed by atoms with Crippen LogP contribution in [0.1, 0.15) is 24.1 Å². The fraction of sp³-hybridized carbons (Fsp3) is 0.364. The third-order valence-electron chi connectivity index (χ3n) is 2.52. The average Bonchev–Trinajstić information content (AvgIpc) is 2.63. The Morgan fingerprint density at radius 1 is 1.53 bits per heavy atom. The van der Waals surface area contributed by atoms with Crippen molar-refractivity contribution in [2.45, 2.75) is 18.9 Å². The normalized spacial score (nSPS) is 20.0. The molecule has 0 aromatic heterocycles. The highest BCUT2D eigenvalue weighted by atomic mass is 79.9. The largest absolute Gasteiger partial charge is 0.463 e. The summed E-state index contributed by atoms with van der Waals surface area (Å²) in [6.45, 7) is 1.07. The molecule has 1 aromatic carbocycles. The lowest BCUT2D eigenvalue weighted by atomic mass is 9.97. The van der Waals surface area contributed by atoms with Crippen molar-refractivity contribution in [3.8, 4) is 0 Å². The minimum Gasteiger partial charge on any atom is -0.463 e. The molecule has 2 N–H and O–H groups in total. The standard InChI is InChI=1S/C11H11BrF2N2O/c1-11(13,14)8-4-6(12)2-3-7(8)9-5-17-10(15)16-9/h2-4,9H,5H2,1H3,(H2,15,16)/t9-/m0/s1. The number of amidine groups is 1. The number of nitrogens with zero attached hydrogens (tertiary/aromatic N) is 1. The summed E-state index contributed by atoms with van der Waals surface area (Å²) in [6, 6.07) is 4.31. The van der Waals surface area contributed by atoms with Crippen LogP contribution in [0, 0.1) is 0 Å². The number of halogens is 3. The van der Waals surface area contributed by atoms with Crippen LogP contribution in [0.5, 0.6) is 0 Å². The molecule has 0 unspecified atom stereocenters. The van der Waals surface area contributed by atoms with E-state index in [2.05, 4.69) is 20.9 Å². The summed E-state index contributed by atoms with van der Waals surface area (Å²) in [6.07, 6.45) is 0. The molecule has 1 aliphatic rings. The number of nitrogens with two attached hydrogens (primary N) is 1. The molecule has 17 heavy (non-hydrogen) atoms. The van der Waals surface area contributed by atoms with E-state index >= 15 is 0 Å². The summed E-state index contributed by atoms with van der Waals surface area (Å²) in [4.78, 5) is 3.99. The van der Waals surface area contributed by atoms with Crippen molar-refractivity contribution in [2.75, 3.05) is 6.61 Å². The molecule has 1 heterocycles. The molecule has 1 atom stereocenters. The van der Waals surface area contributed by atoms with Crippen molar-refractivity contribution >= 4 is 22.0 Å². The molecule has 92 valence electrons. The van der Waals surface area contributed by atoms with E-state index in [1.165, 1.54) is 6.07 Å². The minimum atomic E-state index is -2.92. The molecule has 1 aliphatic heterocycles. The van der Waals surface area contributed by atoms with Crippen LogP contribution in [0.2, 0.25) is 0 Å². The predicted molar refractivity (Wildman–Crippen MR) is 64.0 cm³/mol. The topological polar surface area (TPSA) is 47.6 Å². The van der Waals surface area contributed by atoms with Crippen LogP contribution >= 0.6 is 15.9 Å². The van der Waals surface area contributed by atoms with Crippen molar-refractivity contribution < 1.29 is 13.5 Å². The van der Waals surface area contributed by atoms with Gasteiger partial charge in [-0.3, -0.25) is 0 Å². The molecule has 0 aliphatic carbocycles. The van der Waals surface area contributed by atoms with Crippen molar-refractivity contribution in [1.82, 2.24) is 0 Å². The molecule has 0 fully saturated rings. The highest BCUT2D eigenvalue weighted by molar-refractivity contribution is 9.10. The Bertz CT molecular complexity index is 471. The maximum absolute atomic E-state index is 13.5. The summed E-state index contributed by atoms with van der Waals surface area (Å²) in [7, 11) is 0. The minimum absolute atomic E-state index is 0.0447. The zero-order valence-corrected chi connectivity index (χ0v) is 10.7. The second-order valence-electron chi connectivity index (χ2n) is 3.91. The van der Waals surface area contributed by atoms with E-state index in [4.69, 9.17) is 10.5 Å². The SMILES string of the molecule is CC(F)(F)c1cc(Br)ccc1[C@@H]1COC(N)=N1. The second-order valence-corrected chi connectivity index (χ2v) is 4.83. The van der Waals surface area contributed by atoms with E-state index in [1.54, 1.807) is 12.1 Å². The van der Waals surface area contributed by atoms with Gasteiger partial charge in [-0.1, -0.05) is 22.0 Å². The van der Waals surface area contributed by atoms with Crippen LogP contribution in [0.15, 0.2) is 27.7 Å². The maximum Gasteiger partial charge on any atom is 0.282 e. The zero-order chi connectivity index (χ0) is 12.6. The van der Waals surface area contributed by atoms with Gasteiger partial charge in [0.15, 0.2) is 0 Å². The molecule has 0 saturated heterocycles. The summed E-state index contributed by atoms with van der Waals surface area (Å²) >= 11 is 3.18. The van der Waals surface area contributed by atoms with Crippen LogP contribution in [-0.4, -0.2) is 12.6 Å². The number of alkyl halides is 2. The molecular weight excluding hydrogens is 294 g/mol. The smallest absolute Gasteiger partial charge is 0.282 e. The Kier molecular flexibility index (Phi) is 3.07. The molecule has 3 nitrogen and oxygen atoms in total. The van der Waals surface area contributed by atoms with Crippen molar-refractivity contribution in [3.05, 3.63) is 33.8 Å². The highest BCUT2D eigenvalue weighted by Crippen LogP contribution is 2.36. The third kappa shape index (κ3) is 2.57. The lowest BCUT2D eigenvalue weighted by Gasteiger charge is -2.18. The summed E-state index contributed by atoms with van der Waals surface area (Å²) in [5, 5.41) is 0. The van der Waals surface area contributed by atoms with Crippen LogP contribution < -0.4 is 5.73 Å². The van der Waals surface area contributed by atoms with E-state index < -0.39 is 12.0 Å². The van der Waals surface area contributed by atoms with Gasteiger partial charge in [0.1, 0.15) is 12.6 Å². The first kappa shape index (κ1) is 12.3. The van der Waals surface area contributed by atoms with Gasteiger partial charge in [-0.25, -0.2) is 13.8 Å². The number of aliphatic imine (C=N–C) groups is 1. The molecule has 6 heteroatoms. The van der Waals surface area contributed by atoms with Crippen molar-refractivity contribution in [1.29, 1.82) is 0 Å². The Morgan fingerprint density at radius 2 is 2.24 bits per heavy atom. The zero-order valence-electron chi connectivity index (χ0n) is 9.08. The summed E-state index contributed by atoms with van der Waals surface area (Å²) in [5.74, 6) is -2.92. The van der Waals surface area contributed by atoms with Gasteiger partial charge < -0.3 is 10.5 Å². The van der Waals surface area contributed by atoms with E-state index in [9.17, 15) is 8.78 Å². The number of rotatable bonds is 2. The highest BCUT2D eigenvalue weighted by Gasteiger charge is 2.32. The van der Waals surface area contributed by atoms with Gasteiger partial charge in [0, 0.05) is 17.0 Å². The first-order valence-electron chi connectivity index (χ1n) is 5.02. The van der Waals surface area contributed by atoms with Crippen LogP contribution in [-0.2, 0) is 10.7 Å². The van der Waals surface area contributed by atoms with Crippen LogP contribution in [0.3, 0.4) is 0 Å². The van der Waals surface area contributed by atoms with E-state index in [0.717, 1.165) is 6.92 Å². The molecule has 0 amide bonds. The summed E-state index contributed by atoms with van der Waals surface area (Å²) < 4.78 is 32.6. The summed E-state index contributed by atoms with van der Waals surface area (Å²) in [5.41, 5.74) is 5.77. The van der Waals surface area contributed by atoms with Gasteiger partial charge >= 0.3 is 0 Å². The number of ether oxygens (including phenoxy) is 1. The Balaban J connectivity index is 2.47. The second kappa shape index (κ2) is 4.25. The maximum atomic E-state index is 13.5. The molecule has 2 rings (SSSR count). The van der Waals surface area contributed by atoms with Gasteiger partial charge in [-0.05, 0) is 17.7 Å². The number of hydrogen-bond donors (Lipinski definition) is 1. The predicted octanol–water partition coefficient (Wildman–Crippen LogP) is 2.95. The van der Waals surface area contributed by atoms with Gasteiger partial charge in [0.05, 0.1) is 0 Å². The van der Waals surface area contributed by atoms with Crippen molar-refractivity contribution in [2.24, 2.45) is 10.7 Å². The van der Waals surface area contributed by atoms with Crippen LogP contribution in [0.4, 0.5) is 8.78 Å². The first-order chi connectivity index (χ1) is 7.88. The monoisotopic (exact) mass is 304 g/mol. The van der Waals surface area contributed by atoms with Crippen LogP contribution in [0.25, 0.3) is 0 Å². The van der Waals surface area contributed by atoms with Crippen molar-refractivity contribution in [3.63, 3.8) is 0 Å².